The monoisotopic (exact) mass is 295 g/mol. The number of aliphatic hydroxyl groups is 1. The van der Waals surface area contributed by atoms with Crippen LogP contribution in [-0.2, 0) is 22.9 Å². The fourth-order valence-electron chi connectivity index (χ4n) is 1.75. The second-order valence-electron chi connectivity index (χ2n) is 4.49. The standard InChI is InChI=1S/C13H17N3O3S/c1-20(18,19)13-4-2-12(3-5-13)14-8-11-9-15-16(10-11)6-7-17/h2-5,9-10,14,17H,6-8H2,1H3. The van der Waals surface area contributed by atoms with Gasteiger partial charge in [0.2, 0.25) is 0 Å². The maximum absolute atomic E-state index is 11.3. The summed E-state index contributed by atoms with van der Waals surface area (Å²) in [7, 11) is -3.15. The highest BCUT2D eigenvalue weighted by Crippen LogP contribution is 2.14. The lowest BCUT2D eigenvalue weighted by Gasteiger charge is -2.05. The van der Waals surface area contributed by atoms with Gasteiger partial charge in [0.1, 0.15) is 0 Å². The van der Waals surface area contributed by atoms with Crippen molar-refractivity contribution in [3.63, 3.8) is 0 Å². The van der Waals surface area contributed by atoms with E-state index in [1.54, 1.807) is 35.1 Å². The van der Waals surface area contributed by atoms with Gasteiger partial charge in [0, 0.05) is 30.2 Å². The number of anilines is 1. The average Bonchev–Trinajstić information content (AvgIpc) is 2.84. The number of sulfone groups is 1. The molecule has 7 heteroatoms. The van der Waals surface area contributed by atoms with Gasteiger partial charge in [0.15, 0.2) is 9.84 Å². The minimum atomic E-state index is -3.15. The van der Waals surface area contributed by atoms with Gasteiger partial charge in [0.05, 0.1) is 24.2 Å². The van der Waals surface area contributed by atoms with Crippen LogP contribution in [0.4, 0.5) is 5.69 Å². The Hall–Kier alpha value is -1.86. The van der Waals surface area contributed by atoms with Crippen LogP contribution in [0.3, 0.4) is 0 Å². The molecule has 0 saturated carbocycles. The normalized spacial score (nSPS) is 11.5. The molecule has 0 radical (unpaired) electrons. The summed E-state index contributed by atoms with van der Waals surface area (Å²) in [5.74, 6) is 0. The first-order chi connectivity index (χ1) is 9.49. The first kappa shape index (κ1) is 14.5. The first-order valence-corrected chi connectivity index (χ1v) is 8.04. The predicted octanol–water partition coefficient (Wildman–Crippen LogP) is 0.891. The van der Waals surface area contributed by atoms with Crippen molar-refractivity contribution in [2.45, 2.75) is 18.0 Å². The third kappa shape index (κ3) is 3.82. The Morgan fingerprint density at radius 1 is 1.30 bits per heavy atom. The van der Waals surface area contributed by atoms with E-state index in [2.05, 4.69) is 10.4 Å². The number of hydrogen-bond donors (Lipinski definition) is 2. The zero-order valence-electron chi connectivity index (χ0n) is 11.2. The van der Waals surface area contributed by atoms with Crippen LogP contribution in [-0.4, -0.2) is 36.2 Å². The molecule has 20 heavy (non-hydrogen) atoms. The Bertz CT molecular complexity index is 662. The first-order valence-electron chi connectivity index (χ1n) is 6.15. The number of nitrogens with one attached hydrogen (secondary N) is 1. The highest BCUT2D eigenvalue weighted by molar-refractivity contribution is 7.90. The van der Waals surface area contributed by atoms with Crippen LogP contribution in [0, 0.1) is 0 Å². The van der Waals surface area contributed by atoms with Gasteiger partial charge in [-0.2, -0.15) is 5.10 Å². The molecule has 0 spiro atoms. The van der Waals surface area contributed by atoms with Crippen molar-refractivity contribution in [1.82, 2.24) is 9.78 Å². The van der Waals surface area contributed by atoms with E-state index >= 15 is 0 Å². The van der Waals surface area contributed by atoms with Crippen molar-refractivity contribution in [2.24, 2.45) is 0 Å². The van der Waals surface area contributed by atoms with E-state index in [4.69, 9.17) is 5.11 Å². The lowest BCUT2D eigenvalue weighted by molar-refractivity contribution is 0.269. The van der Waals surface area contributed by atoms with Gasteiger partial charge in [0.25, 0.3) is 0 Å². The molecule has 2 aromatic rings. The molecule has 0 bridgehead atoms. The van der Waals surface area contributed by atoms with Gasteiger partial charge < -0.3 is 10.4 Å². The summed E-state index contributed by atoms with van der Waals surface area (Å²) in [6.07, 6.45) is 4.77. The molecule has 0 unspecified atom stereocenters. The number of benzene rings is 1. The summed E-state index contributed by atoms with van der Waals surface area (Å²) in [5, 5.41) is 16.1. The fourth-order valence-corrected chi connectivity index (χ4v) is 2.38. The molecule has 0 amide bonds. The highest BCUT2D eigenvalue weighted by atomic mass is 32.2. The summed E-state index contributed by atoms with van der Waals surface area (Å²) < 4.78 is 24.3. The summed E-state index contributed by atoms with van der Waals surface area (Å²) in [4.78, 5) is 0.304. The molecule has 0 saturated heterocycles. The van der Waals surface area contributed by atoms with Crippen LogP contribution in [0.2, 0.25) is 0 Å². The highest BCUT2D eigenvalue weighted by Gasteiger charge is 2.06. The molecule has 6 nitrogen and oxygen atoms in total. The molecule has 108 valence electrons. The summed E-state index contributed by atoms with van der Waals surface area (Å²) in [5.41, 5.74) is 1.83. The molecule has 1 heterocycles. The van der Waals surface area contributed by atoms with Gasteiger partial charge in [-0.25, -0.2) is 8.42 Å². The minimum Gasteiger partial charge on any atom is -0.394 e. The fraction of sp³-hybridized carbons (Fsp3) is 0.308. The second-order valence-corrected chi connectivity index (χ2v) is 6.50. The van der Waals surface area contributed by atoms with Crippen LogP contribution in [0.5, 0.6) is 0 Å². The lowest BCUT2D eigenvalue weighted by Crippen LogP contribution is -2.02. The van der Waals surface area contributed by atoms with E-state index in [1.807, 2.05) is 6.20 Å². The van der Waals surface area contributed by atoms with Crippen LogP contribution in [0.25, 0.3) is 0 Å². The Morgan fingerprint density at radius 2 is 2.00 bits per heavy atom. The summed E-state index contributed by atoms with van der Waals surface area (Å²) in [6, 6.07) is 6.61. The second kappa shape index (κ2) is 6.06. The maximum atomic E-state index is 11.3. The number of nitrogens with zero attached hydrogens (tertiary/aromatic N) is 2. The lowest BCUT2D eigenvalue weighted by atomic mass is 10.3. The predicted molar refractivity (Wildman–Crippen MR) is 76.2 cm³/mol. The zero-order valence-corrected chi connectivity index (χ0v) is 12.0. The van der Waals surface area contributed by atoms with Crippen molar-refractivity contribution in [2.75, 3.05) is 18.2 Å². The summed E-state index contributed by atoms with van der Waals surface area (Å²) in [6.45, 7) is 1.12. The molecule has 0 aliphatic rings. The largest absolute Gasteiger partial charge is 0.394 e. The van der Waals surface area contributed by atoms with Gasteiger partial charge in [-0.1, -0.05) is 0 Å². The SMILES string of the molecule is CS(=O)(=O)c1ccc(NCc2cnn(CCO)c2)cc1. The van der Waals surface area contributed by atoms with Gasteiger partial charge in [-0.05, 0) is 24.3 Å². The minimum absolute atomic E-state index is 0.0570. The van der Waals surface area contributed by atoms with Crippen LogP contribution in [0.15, 0.2) is 41.6 Å². The smallest absolute Gasteiger partial charge is 0.175 e. The van der Waals surface area contributed by atoms with Crippen molar-refractivity contribution in [3.8, 4) is 0 Å². The molecule has 1 aromatic heterocycles. The molecular weight excluding hydrogens is 278 g/mol. The number of hydrogen-bond acceptors (Lipinski definition) is 5. The number of rotatable bonds is 6. The number of aromatic nitrogens is 2. The molecule has 1 aromatic carbocycles. The maximum Gasteiger partial charge on any atom is 0.175 e. The van der Waals surface area contributed by atoms with Crippen molar-refractivity contribution >= 4 is 15.5 Å². The van der Waals surface area contributed by atoms with E-state index < -0.39 is 9.84 Å². The number of aliphatic hydroxyl groups excluding tert-OH is 1. The third-order valence-corrected chi connectivity index (χ3v) is 3.92. The molecule has 0 aliphatic heterocycles. The van der Waals surface area contributed by atoms with E-state index in [0.29, 0.717) is 18.0 Å². The molecule has 0 atom stereocenters. The Morgan fingerprint density at radius 3 is 2.60 bits per heavy atom. The van der Waals surface area contributed by atoms with E-state index in [0.717, 1.165) is 11.3 Å². The van der Waals surface area contributed by atoms with E-state index in [-0.39, 0.29) is 6.61 Å². The zero-order chi connectivity index (χ0) is 14.6. The van der Waals surface area contributed by atoms with E-state index in [1.165, 1.54) is 6.26 Å². The van der Waals surface area contributed by atoms with E-state index in [9.17, 15) is 8.42 Å². The summed E-state index contributed by atoms with van der Waals surface area (Å²) >= 11 is 0. The quantitative estimate of drug-likeness (QED) is 0.827. The van der Waals surface area contributed by atoms with Crippen LogP contribution < -0.4 is 5.32 Å². The third-order valence-electron chi connectivity index (χ3n) is 2.79. The van der Waals surface area contributed by atoms with Crippen LogP contribution >= 0.6 is 0 Å². The van der Waals surface area contributed by atoms with Gasteiger partial charge in [-0.15, -0.1) is 0 Å². The van der Waals surface area contributed by atoms with Crippen molar-refractivity contribution in [3.05, 3.63) is 42.2 Å². The topological polar surface area (TPSA) is 84.2 Å². The molecule has 0 fully saturated rings. The van der Waals surface area contributed by atoms with Crippen LogP contribution in [0.1, 0.15) is 5.56 Å². The Kier molecular flexibility index (Phi) is 4.41. The van der Waals surface area contributed by atoms with Gasteiger partial charge in [-0.3, -0.25) is 4.68 Å². The molecule has 0 aliphatic carbocycles. The Labute approximate surface area is 118 Å². The average molecular weight is 295 g/mol. The Balaban J connectivity index is 1.96. The van der Waals surface area contributed by atoms with Crippen molar-refractivity contribution < 1.29 is 13.5 Å². The van der Waals surface area contributed by atoms with Gasteiger partial charge >= 0.3 is 0 Å². The molecule has 2 N–H and O–H groups in total. The molecule has 2 rings (SSSR count). The molecular formula is C13H17N3O3S. The van der Waals surface area contributed by atoms with Crippen molar-refractivity contribution in [1.29, 1.82) is 0 Å².